The molecule has 0 radical (unpaired) electrons. The SMILES string of the molecule is Cc1cccc(-c2nn(-c3ccccc3)cc2/C=N\NC(=O)c2ccncc2)c1. The molecule has 0 aliphatic carbocycles. The summed E-state index contributed by atoms with van der Waals surface area (Å²) in [6, 6.07) is 21.3. The number of nitrogens with zero attached hydrogens (tertiary/aromatic N) is 4. The molecule has 0 unspecified atom stereocenters. The number of nitrogens with one attached hydrogen (secondary N) is 1. The van der Waals surface area contributed by atoms with E-state index >= 15 is 0 Å². The molecule has 6 heteroatoms. The van der Waals surface area contributed by atoms with Crippen LogP contribution in [-0.2, 0) is 0 Å². The number of hydrazone groups is 1. The van der Waals surface area contributed by atoms with Gasteiger partial charge in [0, 0.05) is 35.3 Å². The molecule has 0 fully saturated rings. The summed E-state index contributed by atoms with van der Waals surface area (Å²) in [5.41, 5.74) is 7.72. The molecule has 0 aliphatic rings. The average molecular weight is 381 g/mol. The minimum absolute atomic E-state index is 0.295. The van der Waals surface area contributed by atoms with Crippen molar-refractivity contribution in [2.45, 2.75) is 6.92 Å². The maximum absolute atomic E-state index is 12.2. The Bertz CT molecular complexity index is 1150. The van der Waals surface area contributed by atoms with Crippen LogP contribution in [0.1, 0.15) is 21.5 Å². The first kappa shape index (κ1) is 18.3. The van der Waals surface area contributed by atoms with Crippen molar-refractivity contribution in [2.24, 2.45) is 5.10 Å². The van der Waals surface area contributed by atoms with Crippen molar-refractivity contribution in [1.29, 1.82) is 0 Å². The van der Waals surface area contributed by atoms with Gasteiger partial charge in [-0.2, -0.15) is 10.2 Å². The van der Waals surface area contributed by atoms with E-state index in [0.29, 0.717) is 5.56 Å². The van der Waals surface area contributed by atoms with Gasteiger partial charge in [-0.05, 0) is 37.3 Å². The predicted octanol–water partition coefficient (Wildman–Crippen LogP) is 4.01. The van der Waals surface area contributed by atoms with Gasteiger partial charge in [0.25, 0.3) is 5.91 Å². The second-order valence-corrected chi connectivity index (χ2v) is 6.52. The second-order valence-electron chi connectivity index (χ2n) is 6.52. The number of carbonyl (C=O) groups excluding carboxylic acids is 1. The van der Waals surface area contributed by atoms with E-state index in [1.54, 1.807) is 30.7 Å². The summed E-state index contributed by atoms with van der Waals surface area (Å²) in [7, 11) is 0. The summed E-state index contributed by atoms with van der Waals surface area (Å²) < 4.78 is 1.81. The molecule has 142 valence electrons. The van der Waals surface area contributed by atoms with E-state index in [1.807, 2.05) is 66.3 Å². The highest BCUT2D eigenvalue weighted by Crippen LogP contribution is 2.23. The largest absolute Gasteiger partial charge is 0.271 e. The zero-order valence-electron chi connectivity index (χ0n) is 15.9. The number of para-hydroxylation sites is 1. The summed E-state index contributed by atoms with van der Waals surface area (Å²) in [6.45, 7) is 2.04. The van der Waals surface area contributed by atoms with E-state index in [4.69, 9.17) is 5.10 Å². The third kappa shape index (κ3) is 4.27. The Labute approximate surface area is 168 Å². The maximum atomic E-state index is 12.2. The van der Waals surface area contributed by atoms with Crippen LogP contribution in [0.15, 0.2) is 90.4 Å². The topological polar surface area (TPSA) is 72.2 Å². The average Bonchev–Trinajstić information content (AvgIpc) is 3.19. The zero-order chi connectivity index (χ0) is 20.1. The van der Waals surface area contributed by atoms with Crippen molar-refractivity contribution in [1.82, 2.24) is 20.2 Å². The van der Waals surface area contributed by atoms with E-state index in [9.17, 15) is 4.79 Å². The van der Waals surface area contributed by atoms with Crippen molar-refractivity contribution < 1.29 is 4.79 Å². The van der Waals surface area contributed by atoms with Crippen LogP contribution in [-0.4, -0.2) is 26.9 Å². The van der Waals surface area contributed by atoms with Gasteiger partial charge in [0.1, 0.15) is 5.69 Å². The van der Waals surface area contributed by atoms with Crippen LogP contribution in [0, 0.1) is 6.92 Å². The smallest absolute Gasteiger partial charge is 0.267 e. The highest BCUT2D eigenvalue weighted by Gasteiger charge is 2.11. The Balaban J connectivity index is 1.66. The van der Waals surface area contributed by atoms with Crippen LogP contribution in [0.2, 0.25) is 0 Å². The molecule has 0 atom stereocenters. The first-order chi connectivity index (χ1) is 14.2. The molecule has 4 aromatic rings. The first-order valence-electron chi connectivity index (χ1n) is 9.16. The van der Waals surface area contributed by atoms with E-state index in [2.05, 4.69) is 21.6 Å². The molecule has 1 amide bonds. The highest BCUT2D eigenvalue weighted by atomic mass is 16.2. The summed E-state index contributed by atoms with van der Waals surface area (Å²) in [6.07, 6.45) is 6.65. The van der Waals surface area contributed by atoms with Crippen LogP contribution < -0.4 is 5.43 Å². The molecule has 6 nitrogen and oxygen atoms in total. The van der Waals surface area contributed by atoms with Crippen LogP contribution in [0.5, 0.6) is 0 Å². The number of carbonyl (C=O) groups is 1. The van der Waals surface area contributed by atoms with Crippen LogP contribution >= 0.6 is 0 Å². The Hall–Kier alpha value is -4.06. The number of aromatic nitrogens is 3. The van der Waals surface area contributed by atoms with E-state index in [-0.39, 0.29) is 5.91 Å². The lowest BCUT2D eigenvalue weighted by atomic mass is 10.1. The lowest BCUT2D eigenvalue weighted by Gasteiger charge is -2.01. The number of rotatable bonds is 5. The van der Waals surface area contributed by atoms with E-state index < -0.39 is 0 Å². The third-order valence-corrected chi connectivity index (χ3v) is 4.37. The van der Waals surface area contributed by atoms with Gasteiger partial charge in [-0.1, -0.05) is 42.0 Å². The van der Waals surface area contributed by atoms with Gasteiger partial charge in [-0.15, -0.1) is 0 Å². The van der Waals surface area contributed by atoms with Crippen molar-refractivity contribution >= 4 is 12.1 Å². The Morgan fingerprint density at radius 1 is 1.03 bits per heavy atom. The normalized spacial score (nSPS) is 10.9. The molecule has 0 saturated carbocycles. The third-order valence-electron chi connectivity index (χ3n) is 4.37. The fourth-order valence-electron chi connectivity index (χ4n) is 2.94. The molecule has 0 saturated heterocycles. The Morgan fingerprint density at radius 2 is 1.83 bits per heavy atom. The van der Waals surface area contributed by atoms with Gasteiger partial charge in [0.15, 0.2) is 0 Å². The number of hydrogen-bond donors (Lipinski definition) is 1. The van der Waals surface area contributed by atoms with E-state index in [0.717, 1.165) is 28.1 Å². The van der Waals surface area contributed by atoms with Crippen molar-refractivity contribution in [3.8, 4) is 16.9 Å². The van der Waals surface area contributed by atoms with Crippen molar-refractivity contribution in [2.75, 3.05) is 0 Å². The molecule has 2 aromatic heterocycles. The molecule has 0 spiro atoms. The van der Waals surface area contributed by atoms with Gasteiger partial charge in [0.05, 0.1) is 11.9 Å². The summed E-state index contributed by atoms with van der Waals surface area (Å²) in [5, 5.41) is 8.89. The van der Waals surface area contributed by atoms with Crippen LogP contribution in [0.25, 0.3) is 16.9 Å². The molecule has 0 aliphatic heterocycles. The Morgan fingerprint density at radius 3 is 2.59 bits per heavy atom. The van der Waals surface area contributed by atoms with Gasteiger partial charge in [0.2, 0.25) is 0 Å². The van der Waals surface area contributed by atoms with E-state index in [1.165, 1.54) is 0 Å². The standard InChI is InChI=1S/C23H19N5O/c1-17-6-5-7-19(14-17)22-20(16-28(27-22)21-8-3-2-4-9-21)15-25-26-23(29)18-10-12-24-13-11-18/h2-16H,1H3,(H,26,29)/b25-15-. The van der Waals surface area contributed by atoms with Gasteiger partial charge >= 0.3 is 0 Å². The second kappa shape index (κ2) is 8.31. The highest BCUT2D eigenvalue weighted by molar-refractivity contribution is 5.95. The number of hydrogen-bond acceptors (Lipinski definition) is 4. The van der Waals surface area contributed by atoms with Crippen molar-refractivity contribution in [3.63, 3.8) is 0 Å². The van der Waals surface area contributed by atoms with Gasteiger partial charge < -0.3 is 0 Å². The summed E-state index contributed by atoms with van der Waals surface area (Å²) in [5.74, 6) is -0.295. The molecule has 1 N–H and O–H groups in total. The molecule has 0 bridgehead atoms. The van der Waals surface area contributed by atoms with Gasteiger partial charge in [-0.25, -0.2) is 10.1 Å². The zero-order valence-corrected chi connectivity index (χ0v) is 15.9. The fraction of sp³-hybridized carbons (Fsp3) is 0.0435. The molecular formula is C23H19N5O. The summed E-state index contributed by atoms with van der Waals surface area (Å²) in [4.78, 5) is 16.1. The predicted molar refractivity (Wildman–Crippen MR) is 113 cm³/mol. The van der Waals surface area contributed by atoms with Crippen LogP contribution in [0.4, 0.5) is 0 Å². The van der Waals surface area contributed by atoms with Crippen LogP contribution in [0.3, 0.4) is 0 Å². The molecule has 4 rings (SSSR count). The minimum Gasteiger partial charge on any atom is -0.267 e. The number of pyridine rings is 1. The maximum Gasteiger partial charge on any atom is 0.271 e. The Kier molecular flexibility index (Phi) is 5.25. The lowest BCUT2D eigenvalue weighted by Crippen LogP contribution is -2.17. The van der Waals surface area contributed by atoms with Crippen molar-refractivity contribution in [3.05, 3.63) is 102 Å². The molecule has 2 heterocycles. The number of aryl methyl sites for hydroxylation is 1. The fourth-order valence-corrected chi connectivity index (χ4v) is 2.94. The lowest BCUT2D eigenvalue weighted by molar-refractivity contribution is 0.0955. The summed E-state index contributed by atoms with van der Waals surface area (Å²) >= 11 is 0. The molecule has 29 heavy (non-hydrogen) atoms. The number of amides is 1. The van der Waals surface area contributed by atoms with Gasteiger partial charge in [-0.3, -0.25) is 9.78 Å². The monoisotopic (exact) mass is 381 g/mol. The molecular weight excluding hydrogens is 362 g/mol. The number of benzene rings is 2. The minimum atomic E-state index is -0.295. The quantitative estimate of drug-likeness (QED) is 0.419. The molecule has 2 aromatic carbocycles. The first-order valence-corrected chi connectivity index (χ1v) is 9.16.